The quantitative estimate of drug-likeness (QED) is 0.198. The lowest BCUT2D eigenvalue weighted by Crippen LogP contribution is -2.53. The number of aryl methyl sites for hydroxylation is 1. The molecule has 1 atom stereocenters. The fourth-order valence-electron chi connectivity index (χ4n) is 4.64. The van der Waals surface area contributed by atoms with Crippen molar-refractivity contribution in [3.63, 3.8) is 0 Å². The predicted octanol–water partition coefficient (Wildman–Crippen LogP) is 6.27. The highest BCUT2D eigenvalue weighted by molar-refractivity contribution is 7.92. The average molecular weight is 639 g/mol. The van der Waals surface area contributed by atoms with Crippen molar-refractivity contribution in [3.8, 4) is 0 Å². The topological polar surface area (TPSA) is 86.8 Å². The van der Waals surface area contributed by atoms with E-state index in [1.54, 1.807) is 67.6 Å². The normalized spacial score (nSPS) is 11.9. The molecule has 0 spiro atoms. The summed E-state index contributed by atoms with van der Waals surface area (Å²) >= 11 is 12.6. The molecule has 0 unspecified atom stereocenters. The molecule has 0 bridgehead atoms. The molecule has 4 aromatic carbocycles. The number of rotatable bonds is 12. The largest absolute Gasteiger partial charge is 0.355 e. The molecule has 0 aliphatic carbocycles. The number of anilines is 1. The summed E-state index contributed by atoms with van der Waals surface area (Å²) in [6.45, 7) is 3.48. The Kier molecular flexibility index (Phi) is 10.9. The van der Waals surface area contributed by atoms with Crippen LogP contribution in [0.4, 0.5) is 5.69 Å². The molecule has 0 heterocycles. The van der Waals surface area contributed by atoms with E-state index >= 15 is 0 Å². The Labute approximate surface area is 263 Å². The number of carbonyl (C=O) groups is 2. The Bertz CT molecular complexity index is 1650. The number of benzene rings is 4. The van der Waals surface area contributed by atoms with Crippen molar-refractivity contribution in [2.75, 3.05) is 17.4 Å². The van der Waals surface area contributed by atoms with E-state index in [2.05, 4.69) is 5.32 Å². The van der Waals surface area contributed by atoms with Crippen LogP contribution >= 0.6 is 23.2 Å². The molecule has 7 nitrogen and oxygen atoms in total. The Morgan fingerprint density at radius 2 is 1.44 bits per heavy atom. The zero-order valence-electron chi connectivity index (χ0n) is 23.9. The van der Waals surface area contributed by atoms with E-state index in [9.17, 15) is 18.0 Å². The molecule has 0 fully saturated rings. The summed E-state index contributed by atoms with van der Waals surface area (Å²) in [7, 11) is -4.23. The number of sulfonamides is 1. The molecule has 4 aromatic rings. The number of halogens is 2. The monoisotopic (exact) mass is 637 g/mol. The number of carbonyl (C=O) groups excluding carboxylic acids is 2. The molecule has 0 saturated heterocycles. The van der Waals surface area contributed by atoms with E-state index in [1.165, 1.54) is 17.0 Å². The lowest BCUT2D eigenvalue weighted by atomic mass is 10.0. The first-order valence-corrected chi connectivity index (χ1v) is 16.0. The maximum atomic E-state index is 14.4. The number of hydrogen-bond donors (Lipinski definition) is 1. The molecule has 1 N–H and O–H groups in total. The molecule has 0 aliphatic rings. The van der Waals surface area contributed by atoms with Crippen LogP contribution in [0.15, 0.2) is 108 Å². The fourth-order valence-corrected chi connectivity index (χ4v) is 6.48. The molecular formula is C33H33Cl2N3O4S. The van der Waals surface area contributed by atoms with Crippen LogP contribution < -0.4 is 9.62 Å². The van der Waals surface area contributed by atoms with Crippen molar-refractivity contribution >= 4 is 50.7 Å². The van der Waals surface area contributed by atoms with Gasteiger partial charge in [-0.05, 0) is 61.4 Å². The first kappa shape index (κ1) is 32.1. The third-order valence-electron chi connectivity index (χ3n) is 6.90. The summed E-state index contributed by atoms with van der Waals surface area (Å²) in [5.74, 6) is -0.919. The average Bonchev–Trinajstić information content (AvgIpc) is 3.00. The van der Waals surface area contributed by atoms with E-state index in [1.807, 2.05) is 37.3 Å². The van der Waals surface area contributed by atoms with Gasteiger partial charge >= 0.3 is 0 Å². The molecule has 0 aliphatic heterocycles. The minimum Gasteiger partial charge on any atom is -0.355 e. The minimum atomic E-state index is -4.23. The van der Waals surface area contributed by atoms with Crippen LogP contribution in [0, 0.1) is 6.92 Å². The Balaban J connectivity index is 1.80. The zero-order valence-corrected chi connectivity index (χ0v) is 26.2. The van der Waals surface area contributed by atoms with Gasteiger partial charge in [-0.1, -0.05) is 95.5 Å². The molecule has 2 amide bonds. The van der Waals surface area contributed by atoms with Crippen LogP contribution in [0.3, 0.4) is 0 Å². The summed E-state index contributed by atoms with van der Waals surface area (Å²) in [6.07, 6.45) is 0.225. The molecule has 224 valence electrons. The predicted molar refractivity (Wildman–Crippen MR) is 172 cm³/mol. The molecule has 0 aromatic heterocycles. The van der Waals surface area contributed by atoms with E-state index < -0.39 is 28.5 Å². The molecule has 43 heavy (non-hydrogen) atoms. The Morgan fingerprint density at radius 1 is 0.814 bits per heavy atom. The second-order valence-electron chi connectivity index (χ2n) is 10.0. The van der Waals surface area contributed by atoms with Gasteiger partial charge in [0.2, 0.25) is 11.8 Å². The highest BCUT2D eigenvalue weighted by Crippen LogP contribution is 2.31. The number of para-hydroxylation sites is 1. The number of likely N-dealkylation sites (N-methyl/N-ethyl adjacent to an activating group) is 1. The van der Waals surface area contributed by atoms with Gasteiger partial charge in [0.1, 0.15) is 12.6 Å². The molecular weight excluding hydrogens is 605 g/mol. The van der Waals surface area contributed by atoms with E-state index in [4.69, 9.17) is 23.2 Å². The van der Waals surface area contributed by atoms with Crippen LogP contribution in [-0.2, 0) is 32.6 Å². The van der Waals surface area contributed by atoms with Gasteiger partial charge in [0.25, 0.3) is 10.0 Å². The standard InChI is InChI=1S/C33H33Cl2N3O4S/c1-3-36-33(40)31(21-25-9-5-4-6-10-25)37(22-26-15-17-27(34)18-16-26)32(39)23-38(30-12-8-7-11-29(30)35)43(41,42)28-19-13-24(2)14-20-28/h4-20,31H,3,21-23H2,1-2H3,(H,36,40)/t31-/m0/s1. The van der Waals surface area contributed by atoms with Crippen molar-refractivity contribution in [2.24, 2.45) is 0 Å². The van der Waals surface area contributed by atoms with Gasteiger partial charge in [0.05, 0.1) is 15.6 Å². The van der Waals surface area contributed by atoms with Crippen LogP contribution in [0.25, 0.3) is 0 Å². The van der Waals surface area contributed by atoms with Crippen molar-refractivity contribution in [2.45, 2.75) is 37.8 Å². The third kappa shape index (κ3) is 8.16. The molecule has 10 heteroatoms. The van der Waals surface area contributed by atoms with Gasteiger partial charge in [-0.15, -0.1) is 0 Å². The van der Waals surface area contributed by atoms with Crippen molar-refractivity contribution < 1.29 is 18.0 Å². The lowest BCUT2D eigenvalue weighted by Gasteiger charge is -2.34. The molecule has 0 saturated carbocycles. The van der Waals surface area contributed by atoms with E-state index in [0.29, 0.717) is 11.6 Å². The smallest absolute Gasteiger partial charge is 0.264 e. The first-order valence-electron chi connectivity index (χ1n) is 13.8. The number of hydrogen-bond acceptors (Lipinski definition) is 4. The second kappa shape index (κ2) is 14.6. The number of amides is 2. The summed E-state index contributed by atoms with van der Waals surface area (Å²) in [5.41, 5.74) is 2.62. The lowest BCUT2D eigenvalue weighted by molar-refractivity contribution is -0.140. The Hall–Kier alpha value is -3.85. The number of nitrogens with zero attached hydrogens (tertiary/aromatic N) is 2. The van der Waals surface area contributed by atoms with Crippen LogP contribution in [-0.4, -0.2) is 44.3 Å². The summed E-state index contributed by atoms with van der Waals surface area (Å²) in [4.78, 5) is 29.3. The van der Waals surface area contributed by atoms with Gasteiger partial charge in [-0.3, -0.25) is 13.9 Å². The second-order valence-corrected chi connectivity index (χ2v) is 12.7. The van der Waals surface area contributed by atoms with Crippen molar-refractivity contribution in [1.82, 2.24) is 10.2 Å². The van der Waals surface area contributed by atoms with Gasteiger partial charge in [0, 0.05) is 24.5 Å². The highest BCUT2D eigenvalue weighted by atomic mass is 35.5. The van der Waals surface area contributed by atoms with Gasteiger partial charge in [-0.2, -0.15) is 0 Å². The molecule has 0 radical (unpaired) electrons. The highest BCUT2D eigenvalue weighted by Gasteiger charge is 2.35. The first-order chi connectivity index (χ1) is 20.6. The van der Waals surface area contributed by atoms with Gasteiger partial charge in [0.15, 0.2) is 0 Å². The SMILES string of the molecule is CCNC(=O)[C@H](Cc1ccccc1)N(Cc1ccc(Cl)cc1)C(=O)CN(c1ccccc1Cl)S(=O)(=O)c1ccc(C)cc1. The van der Waals surface area contributed by atoms with E-state index in [0.717, 1.165) is 21.0 Å². The summed E-state index contributed by atoms with van der Waals surface area (Å²) < 4.78 is 29.1. The fraction of sp³-hybridized carbons (Fsp3) is 0.212. The van der Waals surface area contributed by atoms with Gasteiger partial charge < -0.3 is 10.2 Å². The zero-order chi connectivity index (χ0) is 31.0. The van der Waals surface area contributed by atoms with Crippen molar-refractivity contribution in [1.29, 1.82) is 0 Å². The summed E-state index contributed by atoms with van der Waals surface area (Å²) in [6, 6.07) is 28.2. The van der Waals surface area contributed by atoms with Crippen LogP contribution in [0.1, 0.15) is 23.6 Å². The Morgan fingerprint density at radius 3 is 2.07 bits per heavy atom. The van der Waals surface area contributed by atoms with Crippen molar-refractivity contribution in [3.05, 3.63) is 130 Å². The van der Waals surface area contributed by atoms with Gasteiger partial charge in [-0.25, -0.2) is 8.42 Å². The molecule has 4 rings (SSSR count). The van der Waals surface area contributed by atoms with Crippen LogP contribution in [0.2, 0.25) is 10.0 Å². The maximum Gasteiger partial charge on any atom is 0.264 e. The number of nitrogens with one attached hydrogen (secondary N) is 1. The minimum absolute atomic E-state index is 0.0135. The maximum absolute atomic E-state index is 14.4. The summed E-state index contributed by atoms with van der Waals surface area (Å²) in [5, 5.41) is 3.54. The van der Waals surface area contributed by atoms with Crippen LogP contribution in [0.5, 0.6) is 0 Å². The third-order valence-corrected chi connectivity index (χ3v) is 9.24. The van der Waals surface area contributed by atoms with E-state index in [-0.39, 0.29) is 34.5 Å².